The van der Waals surface area contributed by atoms with Crippen molar-refractivity contribution >= 4 is 16.7 Å². The standard InChI is InChI=1S/C16H19N5O6/c1-6-2-8-9(3-7(6)17)21(4-10(23)13(25)11(24)5-22)14-12(18-8)15(26)20-16(27)19-14/h2-3,10-11,13,22-25H,4-5,17H2,1H3,(H,20,26,27)/p-1/t10-,11+,13-/m0/s1. The van der Waals surface area contributed by atoms with Gasteiger partial charge in [0, 0.05) is 5.69 Å². The van der Waals surface area contributed by atoms with Gasteiger partial charge in [-0.25, -0.2) is 15.0 Å². The van der Waals surface area contributed by atoms with Crippen LogP contribution in [0.2, 0.25) is 0 Å². The van der Waals surface area contributed by atoms with Crippen molar-refractivity contribution < 1.29 is 25.5 Å². The number of hydrogen-bond acceptors (Lipinski definition) is 10. The fourth-order valence-electron chi connectivity index (χ4n) is 2.77. The molecule has 2 aliphatic rings. The average molecular weight is 376 g/mol. The van der Waals surface area contributed by atoms with E-state index in [1.807, 2.05) is 0 Å². The molecule has 0 radical (unpaired) electrons. The molecule has 1 aromatic carbocycles. The van der Waals surface area contributed by atoms with Gasteiger partial charge >= 0.3 is 0 Å². The highest BCUT2D eigenvalue weighted by atomic mass is 16.4. The van der Waals surface area contributed by atoms with Crippen LogP contribution in [0.1, 0.15) is 5.56 Å². The van der Waals surface area contributed by atoms with E-state index in [2.05, 4.69) is 15.0 Å². The Balaban J connectivity index is 2.26. The molecule has 0 aliphatic carbocycles. The Morgan fingerprint density at radius 3 is 2.56 bits per heavy atom. The van der Waals surface area contributed by atoms with Crippen molar-refractivity contribution in [2.24, 2.45) is 0 Å². The summed E-state index contributed by atoms with van der Waals surface area (Å²) in [5, 5.41) is 50.3. The smallest absolute Gasteiger partial charge is 0.300 e. The topological polar surface area (TPSA) is 191 Å². The molecule has 2 heterocycles. The van der Waals surface area contributed by atoms with Crippen molar-refractivity contribution in [1.29, 1.82) is 0 Å². The van der Waals surface area contributed by atoms with Crippen molar-refractivity contribution in [3.8, 4) is 17.5 Å². The number of anilines is 1. The van der Waals surface area contributed by atoms with E-state index < -0.39 is 36.5 Å². The highest BCUT2D eigenvalue weighted by Gasteiger charge is 2.27. The Kier molecular flexibility index (Phi) is 4.93. The van der Waals surface area contributed by atoms with E-state index in [0.717, 1.165) is 0 Å². The maximum Gasteiger partial charge on any atom is 0.300 e. The second kappa shape index (κ2) is 7.04. The molecular weight excluding hydrogens is 358 g/mol. The number of hydrogen-bond donors (Lipinski definition) is 5. The van der Waals surface area contributed by atoms with Gasteiger partial charge in [-0.2, -0.15) is 0 Å². The third-order valence-corrected chi connectivity index (χ3v) is 4.30. The first-order chi connectivity index (χ1) is 12.7. The molecule has 0 aromatic heterocycles. The molecule has 1 aromatic rings. The van der Waals surface area contributed by atoms with E-state index in [4.69, 9.17) is 10.8 Å². The first-order valence-corrected chi connectivity index (χ1v) is 8.03. The van der Waals surface area contributed by atoms with Crippen molar-refractivity contribution in [2.75, 3.05) is 12.3 Å². The minimum atomic E-state index is -1.68. The number of nitrogens with two attached hydrogens (primary N) is 1. The molecule has 0 unspecified atom stereocenters. The molecule has 11 nitrogen and oxygen atoms in total. The number of aliphatic hydroxyl groups is 4. The number of benzene rings is 1. The van der Waals surface area contributed by atoms with Gasteiger partial charge in [-0.15, -0.1) is 0 Å². The van der Waals surface area contributed by atoms with Gasteiger partial charge in [0.1, 0.15) is 18.3 Å². The normalized spacial score (nSPS) is 15.1. The van der Waals surface area contributed by atoms with Crippen LogP contribution in [-0.4, -0.2) is 64.9 Å². The van der Waals surface area contributed by atoms with E-state index in [1.165, 1.54) is 10.6 Å². The molecule has 27 heavy (non-hydrogen) atoms. The van der Waals surface area contributed by atoms with E-state index in [0.29, 0.717) is 22.3 Å². The average Bonchev–Trinajstić information content (AvgIpc) is 2.62. The van der Waals surface area contributed by atoms with Crippen LogP contribution in [0.4, 0.5) is 5.69 Å². The molecule has 0 saturated heterocycles. The van der Waals surface area contributed by atoms with Crippen LogP contribution in [0.5, 0.6) is 6.01 Å². The second-order valence-corrected chi connectivity index (χ2v) is 6.21. The molecule has 11 heteroatoms. The summed E-state index contributed by atoms with van der Waals surface area (Å²) < 4.78 is 1.30. The third-order valence-electron chi connectivity index (χ3n) is 4.30. The summed E-state index contributed by atoms with van der Waals surface area (Å²) in [6.45, 7) is 0.632. The number of aryl methyl sites for hydroxylation is 1. The fourth-order valence-corrected chi connectivity index (χ4v) is 2.77. The van der Waals surface area contributed by atoms with E-state index in [-0.39, 0.29) is 18.1 Å². The first-order valence-electron chi connectivity index (χ1n) is 8.03. The van der Waals surface area contributed by atoms with Gasteiger partial charge in [0.15, 0.2) is 11.5 Å². The Morgan fingerprint density at radius 2 is 1.89 bits per heavy atom. The zero-order chi connectivity index (χ0) is 19.9. The Labute approximate surface area is 152 Å². The lowest BCUT2D eigenvalue weighted by molar-refractivity contribution is -0.282. The van der Waals surface area contributed by atoms with Gasteiger partial charge in [-0.3, -0.25) is 4.79 Å². The molecule has 0 saturated carbocycles. The number of nitrogens with zero attached hydrogens (tertiary/aromatic N) is 4. The predicted octanol–water partition coefficient (Wildman–Crippen LogP) is -2.67. The van der Waals surface area contributed by atoms with Gasteiger partial charge in [-0.1, -0.05) is 0 Å². The van der Waals surface area contributed by atoms with Gasteiger partial charge in [-0.05, 0) is 24.6 Å². The number of nitrogen functional groups attached to an aromatic ring is 1. The highest BCUT2D eigenvalue weighted by Crippen LogP contribution is 2.26. The molecule has 0 fully saturated rings. The molecule has 2 aliphatic heterocycles. The predicted molar refractivity (Wildman–Crippen MR) is 91.9 cm³/mol. The summed E-state index contributed by atoms with van der Waals surface area (Å²) in [4.78, 5) is 23.2. The van der Waals surface area contributed by atoms with Crippen LogP contribution in [0.15, 0.2) is 16.9 Å². The van der Waals surface area contributed by atoms with Gasteiger partial charge in [0.25, 0.3) is 5.56 Å². The Hall–Kier alpha value is -2.86. The summed E-state index contributed by atoms with van der Waals surface area (Å²) in [6, 6.07) is 2.14. The highest BCUT2D eigenvalue weighted by molar-refractivity contribution is 5.83. The van der Waals surface area contributed by atoms with Crippen LogP contribution in [-0.2, 0) is 6.54 Å². The van der Waals surface area contributed by atoms with E-state index in [9.17, 15) is 25.2 Å². The largest absolute Gasteiger partial charge is 0.844 e. The molecule has 3 rings (SSSR count). The Bertz CT molecular complexity index is 1020. The molecule has 3 atom stereocenters. The van der Waals surface area contributed by atoms with Gasteiger partial charge < -0.3 is 35.8 Å². The van der Waals surface area contributed by atoms with Crippen LogP contribution in [0.3, 0.4) is 0 Å². The lowest BCUT2D eigenvalue weighted by Crippen LogP contribution is -2.42. The molecular formula is C16H18N5O6-. The monoisotopic (exact) mass is 376 g/mol. The zero-order valence-electron chi connectivity index (χ0n) is 14.3. The molecule has 0 bridgehead atoms. The second-order valence-electron chi connectivity index (χ2n) is 6.21. The fraction of sp³-hybridized carbons (Fsp3) is 0.375. The quantitative estimate of drug-likeness (QED) is 0.232. The first kappa shape index (κ1) is 18.9. The number of aromatic nitrogens is 4. The van der Waals surface area contributed by atoms with Crippen molar-refractivity contribution in [1.82, 2.24) is 19.5 Å². The minimum absolute atomic E-state index is 0.138. The number of fused-ring (bicyclic) bond motifs is 2. The molecule has 0 spiro atoms. The zero-order valence-corrected chi connectivity index (χ0v) is 14.3. The van der Waals surface area contributed by atoms with Crippen LogP contribution in [0.25, 0.3) is 22.6 Å². The summed E-state index contributed by atoms with van der Waals surface area (Å²) in [6.07, 6.45) is -4.80. The SMILES string of the molecule is Cc1cc2nc3c(=O)nc([O-])nc-3n(C[C@H](O)[C@H](O)[C@H](O)CO)c2cc1N. The van der Waals surface area contributed by atoms with Crippen LogP contribution >= 0.6 is 0 Å². The van der Waals surface area contributed by atoms with Gasteiger partial charge in [0.05, 0.1) is 30.2 Å². The van der Waals surface area contributed by atoms with Crippen molar-refractivity contribution in [3.63, 3.8) is 0 Å². The number of aliphatic hydroxyl groups excluding tert-OH is 4. The summed E-state index contributed by atoms with van der Waals surface area (Å²) in [5.74, 6) is -0.138. The van der Waals surface area contributed by atoms with Crippen molar-refractivity contribution in [3.05, 3.63) is 28.0 Å². The summed E-state index contributed by atoms with van der Waals surface area (Å²) in [7, 11) is 0. The molecule has 0 amide bonds. The van der Waals surface area contributed by atoms with Crippen molar-refractivity contribution in [2.45, 2.75) is 31.8 Å². The van der Waals surface area contributed by atoms with Gasteiger partial charge in [0.2, 0.25) is 0 Å². The van der Waals surface area contributed by atoms with E-state index in [1.54, 1.807) is 13.0 Å². The molecule has 6 N–H and O–H groups in total. The maximum absolute atomic E-state index is 12.1. The maximum atomic E-state index is 12.1. The number of rotatable bonds is 5. The minimum Gasteiger partial charge on any atom is -0.844 e. The summed E-state index contributed by atoms with van der Waals surface area (Å²) >= 11 is 0. The lowest BCUT2D eigenvalue weighted by Gasteiger charge is -2.25. The Morgan fingerprint density at radius 1 is 1.19 bits per heavy atom. The lowest BCUT2D eigenvalue weighted by atomic mass is 10.1. The molecule has 144 valence electrons. The summed E-state index contributed by atoms with van der Waals surface area (Å²) in [5.41, 5.74) is 6.68. The van der Waals surface area contributed by atoms with E-state index >= 15 is 0 Å². The third kappa shape index (κ3) is 3.40. The van der Waals surface area contributed by atoms with Crippen LogP contribution < -0.4 is 16.4 Å². The van der Waals surface area contributed by atoms with Crippen LogP contribution in [0, 0.1) is 6.92 Å².